The number of halogens is 1. The number of benzene rings is 4. The molecule has 4 aromatic rings. The van der Waals surface area contributed by atoms with Crippen LogP contribution in [0.15, 0.2) is 84.9 Å². The number of carbonyl (C=O) groups excluding carboxylic acids is 2. The minimum atomic E-state index is -1.27. The Morgan fingerprint density at radius 1 is 0.750 bits per heavy atom. The highest BCUT2D eigenvalue weighted by Gasteiger charge is 2.34. The summed E-state index contributed by atoms with van der Waals surface area (Å²) in [6.07, 6.45) is -0.0324. The Morgan fingerprint density at radius 3 is 1.98 bits per heavy atom. The molecule has 0 bridgehead atoms. The molecule has 2 amide bonds. The second kappa shape index (κ2) is 14.8. The van der Waals surface area contributed by atoms with Gasteiger partial charge in [-0.1, -0.05) is 48.5 Å². The van der Waals surface area contributed by atoms with Gasteiger partial charge in [-0.25, -0.2) is 4.39 Å². The van der Waals surface area contributed by atoms with Crippen LogP contribution in [-0.2, 0) is 22.6 Å². The van der Waals surface area contributed by atoms with E-state index in [1.54, 1.807) is 48.5 Å². The second-order valence-corrected chi connectivity index (χ2v) is 9.69. The predicted molar refractivity (Wildman–Crippen MR) is 164 cm³/mol. The van der Waals surface area contributed by atoms with E-state index in [0.29, 0.717) is 28.5 Å². The molecule has 0 radical (unpaired) electrons. The van der Waals surface area contributed by atoms with Gasteiger partial charge in [-0.05, 0) is 41.5 Å². The second-order valence-electron chi connectivity index (χ2n) is 9.69. The number of rotatable bonds is 13. The largest absolute Gasteiger partial charge is 0.497 e. The molecule has 9 nitrogen and oxygen atoms in total. The molecule has 0 aromatic heterocycles. The van der Waals surface area contributed by atoms with Crippen LogP contribution in [0.5, 0.6) is 28.7 Å². The molecule has 0 aliphatic carbocycles. The van der Waals surface area contributed by atoms with E-state index in [4.69, 9.17) is 23.7 Å². The Balaban J connectivity index is 1.89. The van der Waals surface area contributed by atoms with Gasteiger partial charge in [0.05, 0.1) is 47.7 Å². The van der Waals surface area contributed by atoms with Crippen LogP contribution in [0, 0.1) is 5.82 Å². The van der Waals surface area contributed by atoms with Crippen molar-refractivity contribution >= 4 is 17.5 Å². The minimum absolute atomic E-state index is 0.0324. The van der Waals surface area contributed by atoms with Gasteiger partial charge in [0.15, 0.2) is 11.5 Å². The van der Waals surface area contributed by atoms with Crippen molar-refractivity contribution in [3.05, 3.63) is 107 Å². The molecular weight excluding hydrogens is 567 g/mol. The van der Waals surface area contributed by atoms with Crippen LogP contribution < -0.4 is 29.0 Å². The highest BCUT2D eigenvalue weighted by Crippen LogP contribution is 2.42. The van der Waals surface area contributed by atoms with E-state index in [2.05, 4.69) is 5.32 Å². The van der Waals surface area contributed by atoms with Crippen molar-refractivity contribution in [3.8, 4) is 28.7 Å². The third kappa shape index (κ3) is 7.20. The lowest BCUT2D eigenvalue weighted by molar-refractivity contribution is -0.139. The molecule has 1 N–H and O–H groups in total. The SMILES string of the molecule is COc1ccc(NC(=O)C(c2cc(OC)c(OC)c(OC)c2)N(Cc2ccccc2F)C(=O)Cc2ccccc2)c(OC)c1. The highest BCUT2D eigenvalue weighted by molar-refractivity contribution is 5.99. The Labute approximate surface area is 256 Å². The molecule has 4 rings (SSSR count). The number of amides is 2. The molecule has 10 heteroatoms. The van der Waals surface area contributed by atoms with Crippen molar-refractivity contribution < 1.29 is 37.7 Å². The molecule has 0 heterocycles. The highest BCUT2D eigenvalue weighted by atomic mass is 19.1. The van der Waals surface area contributed by atoms with Crippen molar-refractivity contribution in [3.63, 3.8) is 0 Å². The number of hydrogen-bond acceptors (Lipinski definition) is 7. The van der Waals surface area contributed by atoms with Gasteiger partial charge in [-0.15, -0.1) is 0 Å². The summed E-state index contributed by atoms with van der Waals surface area (Å²) >= 11 is 0. The number of nitrogens with one attached hydrogen (secondary N) is 1. The number of methoxy groups -OCH3 is 5. The summed E-state index contributed by atoms with van der Waals surface area (Å²) in [5.74, 6) is 0.247. The maximum Gasteiger partial charge on any atom is 0.251 e. The number of nitrogens with zero attached hydrogens (tertiary/aromatic N) is 1. The summed E-state index contributed by atoms with van der Waals surface area (Å²) in [6, 6.07) is 22.1. The molecule has 4 aromatic carbocycles. The lowest BCUT2D eigenvalue weighted by Gasteiger charge is -2.32. The van der Waals surface area contributed by atoms with E-state index < -0.39 is 23.7 Å². The van der Waals surface area contributed by atoms with Crippen molar-refractivity contribution in [2.45, 2.75) is 19.0 Å². The van der Waals surface area contributed by atoms with Gasteiger partial charge in [0.1, 0.15) is 23.4 Å². The molecule has 0 aliphatic rings. The van der Waals surface area contributed by atoms with Crippen molar-refractivity contribution in [1.29, 1.82) is 0 Å². The molecule has 0 saturated heterocycles. The van der Waals surface area contributed by atoms with E-state index in [1.165, 1.54) is 46.5 Å². The number of ether oxygens (including phenoxy) is 5. The molecule has 44 heavy (non-hydrogen) atoms. The van der Waals surface area contributed by atoms with E-state index in [1.807, 2.05) is 30.3 Å². The van der Waals surface area contributed by atoms with E-state index in [-0.39, 0.29) is 30.0 Å². The van der Waals surface area contributed by atoms with Crippen molar-refractivity contribution in [2.75, 3.05) is 40.9 Å². The summed E-state index contributed by atoms with van der Waals surface area (Å²) < 4.78 is 42.4. The van der Waals surface area contributed by atoms with Gasteiger partial charge in [-0.2, -0.15) is 0 Å². The average Bonchev–Trinajstić information content (AvgIpc) is 3.05. The van der Waals surface area contributed by atoms with E-state index in [0.717, 1.165) is 5.56 Å². The van der Waals surface area contributed by atoms with Crippen LogP contribution in [0.2, 0.25) is 0 Å². The number of carbonyl (C=O) groups is 2. The lowest BCUT2D eigenvalue weighted by atomic mass is 10.00. The third-order valence-electron chi connectivity index (χ3n) is 7.05. The van der Waals surface area contributed by atoms with Crippen LogP contribution in [0.3, 0.4) is 0 Å². The quantitative estimate of drug-likeness (QED) is 0.206. The zero-order chi connectivity index (χ0) is 31.6. The van der Waals surface area contributed by atoms with Gasteiger partial charge < -0.3 is 33.9 Å². The van der Waals surface area contributed by atoms with Crippen LogP contribution in [0.4, 0.5) is 10.1 Å². The summed E-state index contributed by atoms with van der Waals surface area (Å²) in [7, 11) is 7.36. The number of anilines is 1. The molecule has 1 atom stereocenters. The first-order valence-corrected chi connectivity index (χ1v) is 13.7. The fourth-order valence-corrected chi connectivity index (χ4v) is 4.84. The van der Waals surface area contributed by atoms with Gasteiger partial charge in [0, 0.05) is 18.2 Å². The molecule has 0 spiro atoms. The maximum atomic E-state index is 15.0. The molecule has 230 valence electrons. The Bertz CT molecular complexity index is 1570. The summed E-state index contributed by atoms with van der Waals surface area (Å²) in [4.78, 5) is 29.8. The Hall–Kier alpha value is -5.25. The Morgan fingerprint density at radius 2 is 1.39 bits per heavy atom. The van der Waals surface area contributed by atoms with Gasteiger partial charge >= 0.3 is 0 Å². The minimum Gasteiger partial charge on any atom is -0.497 e. The lowest BCUT2D eigenvalue weighted by Crippen LogP contribution is -2.42. The zero-order valence-electron chi connectivity index (χ0n) is 25.3. The molecule has 0 saturated carbocycles. The zero-order valence-corrected chi connectivity index (χ0v) is 25.3. The standard InChI is InChI=1S/C34H35FN2O7/c1-40-25-15-16-27(28(20-25)41-2)36-34(39)32(24-18-29(42-3)33(44-5)30(19-24)43-4)37(21-23-13-9-10-14-26(23)35)31(38)17-22-11-7-6-8-12-22/h6-16,18-20,32H,17,21H2,1-5H3,(H,36,39). The summed E-state index contributed by atoms with van der Waals surface area (Å²) in [6.45, 7) is -0.202. The smallest absolute Gasteiger partial charge is 0.251 e. The molecule has 1 unspecified atom stereocenters. The van der Waals surface area contributed by atoms with Gasteiger partial charge in [-0.3, -0.25) is 9.59 Å². The topological polar surface area (TPSA) is 95.6 Å². The van der Waals surface area contributed by atoms with Crippen LogP contribution in [0.1, 0.15) is 22.7 Å². The van der Waals surface area contributed by atoms with Gasteiger partial charge in [0.2, 0.25) is 11.7 Å². The van der Waals surface area contributed by atoms with E-state index >= 15 is 4.39 Å². The van der Waals surface area contributed by atoms with Crippen LogP contribution in [0.25, 0.3) is 0 Å². The fraction of sp³-hybridized carbons (Fsp3) is 0.235. The molecular formula is C34H35FN2O7. The monoisotopic (exact) mass is 602 g/mol. The summed E-state index contributed by atoms with van der Waals surface area (Å²) in [5.41, 5.74) is 1.66. The van der Waals surface area contributed by atoms with Crippen LogP contribution in [-0.4, -0.2) is 52.3 Å². The molecule has 0 fully saturated rings. The van der Waals surface area contributed by atoms with Crippen LogP contribution >= 0.6 is 0 Å². The first-order valence-electron chi connectivity index (χ1n) is 13.7. The maximum absolute atomic E-state index is 15.0. The fourth-order valence-electron chi connectivity index (χ4n) is 4.84. The third-order valence-corrected chi connectivity index (χ3v) is 7.05. The first kappa shape index (κ1) is 31.7. The normalized spacial score (nSPS) is 11.2. The predicted octanol–water partition coefficient (Wildman–Crippen LogP) is 5.82. The van der Waals surface area contributed by atoms with Gasteiger partial charge in [0.25, 0.3) is 5.91 Å². The Kier molecular flexibility index (Phi) is 10.6. The van der Waals surface area contributed by atoms with E-state index in [9.17, 15) is 9.59 Å². The summed E-state index contributed by atoms with van der Waals surface area (Å²) in [5, 5.41) is 2.89. The average molecular weight is 603 g/mol. The van der Waals surface area contributed by atoms with Crippen molar-refractivity contribution in [2.24, 2.45) is 0 Å². The van der Waals surface area contributed by atoms with Crippen molar-refractivity contribution in [1.82, 2.24) is 4.90 Å². The molecule has 0 aliphatic heterocycles. The number of hydrogen-bond donors (Lipinski definition) is 1. The first-order chi connectivity index (χ1) is 21.3.